The summed E-state index contributed by atoms with van der Waals surface area (Å²) in [5.74, 6) is -4.88. The molecule has 22 heteroatoms. The van der Waals surface area contributed by atoms with E-state index in [1.807, 2.05) is 0 Å². The number of hydrogen-bond acceptors (Lipinski definition) is 16. The van der Waals surface area contributed by atoms with Crippen LogP contribution in [0.25, 0.3) is 0 Å². The molecule has 0 aromatic carbocycles. The number of hydrogen-bond donors (Lipinski definition) is 12. The zero-order chi connectivity index (χ0) is 37.5. The van der Waals surface area contributed by atoms with Crippen molar-refractivity contribution >= 4 is 35.5 Å². The second kappa shape index (κ2) is 20.9. The lowest BCUT2D eigenvalue weighted by atomic mass is 9.97. The first-order valence-electron chi connectivity index (χ1n) is 15.7. The summed E-state index contributed by atoms with van der Waals surface area (Å²) >= 11 is 0. The highest BCUT2D eigenvalue weighted by molar-refractivity contribution is 5.89. The Morgan fingerprint density at radius 3 is 1.62 bits per heavy atom. The fourth-order valence-electron chi connectivity index (χ4n) is 5.08. The summed E-state index contributed by atoms with van der Waals surface area (Å²) < 4.78 is 21.5. The van der Waals surface area contributed by atoms with Gasteiger partial charge in [0.2, 0.25) is 29.5 Å². The number of unbranched alkanes of at least 4 members (excludes halogenated alkanes) is 1. The third-order valence-electron chi connectivity index (χ3n) is 7.57. The van der Waals surface area contributed by atoms with Gasteiger partial charge >= 0.3 is 5.97 Å². The fourth-order valence-corrected chi connectivity index (χ4v) is 5.08. The number of aliphatic hydroxyl groups excluding tert-OH is 6. The van der Waals surface area contributed by atoms with E-state index in [0.717, 1.165) is 13.8 Å². The van der Waals surface area contributed by atoms with E-state index in [4.69, 9.17) is 24.1 Å². The van der Waals surface area contributed by atoms with Gasteiger partial charge in [-0.25, -0.2) is 0 Å². The van der Waals surface area contributed by atoms with E-state index >= 15 is 0 Å². The maximum absolute atomic E-state index is 12.7. The van der Waals surface area contributed by atoms with Crippen molar-refractivity contribution in [3.05, 3.63) is 0 Å². The number of nitrogens with one attached hydrogen (secondary N) is 5. The zero-order valence-electron chi connectivity index (χ0n) is 27.4. The third kappa shape index (κ3) is 13.3. The molecule has 2 rings (SSSR count). The van der Waals surface area contributed by atoms with Gasteiger partial charge in [0.15, 0.2) is 12.6 Å². The summed E-state index contributed by atoms with van der Waals surface area (Å²) in [5.41, 5.74) is 0. The molecule has 11 atom stereocenters. The number of carboxylic acids is 1. The first-order valence-corrected chi connectivity index (χ1v) is 15.7. The van der Waals surface area contributed by atoms with Crippen molar-refractivity contribution < 1.29 is 83.5 Å². The molecule has 2 aliphatic rings. The Morgan fingerprint density at radius 2 is 1.18 bits per heavy atom. The van der Waals surface area contributed by atoms with Crippen molar-refractivity contribution in [3.8, 4) is 0 Å². The number of aliphatic hydroxyl groups is 6. The van der Waals surface area contributed by atoms with Crippen LogP contribution in [0.1, 0.15) is 33.1 Å². The molecule has 22 nitrogen and oxygen atoms in total. The van der Waals surface area contributed by atoms with Crippen molar-refractivity contribution in [1.82, 2.24) is 26.6 Å². The van der Waals surface area contributed by atoms with Crippen molar-refractivity contribution in [2.24, 2.45) is 0 Å². The summed E-state index contributed by atoms with van der Waals surface area (Å²) in [4.78, 5) is 71.8. The Morgan fingerprint density at radius 1 is 0.700 bits per heavy atom. The SMILES string of the molecule is CC(=O)N[C@H]1[C@H](OCC(=O)NCCCCC(NC(=O)CO[C@@H]2O[C@H](CO)[C@@H](O)[C@H](O)[C@H]2NC(C)=O)C(=O)NCC(=O)O)O[C@H](CO)[C@@H](O)[C@@H]1O. The quantitative estimate of drug-likeness (QED) is 0.0550. The summed E-state index contributed by atoms with van der Waals surface area (Å²) in [6.07, 6.45) is -11.2. The molecule has 2 fully saturated rings. The Bertz CT molecular complexity index is 1160. The minimum absolute atomic E-state index is 0.0213. The maximum Gasteiger partial charge on any atom is 0.322 e. The fraction of sp³-hybridized carbons (Fsp3) is 0.786. The van der Waals surface area contributed by atoms with Crippen LogP contribution >= 0.6 is 0 Å². The van der Waals surface area contributed by atoms with Crippen LogP contribution in [-0.4, -0.2) is 178 Å². The van der Waals surface area contributed by atoms with Crippen molar-refractivity contribution in [3.63, 3.8) is 0 Å². The van der Waals surface area contributed by atoms with E-state index in [1.54, 1.807) is 0 Å². The van der Waals surface area contributed by atoms with Gasteiger partial charge in [-0.3, -0.25) is 28.8 Å². The molecule has 2 saturated heterocycles. The third-order valence-corrected chi connectivity index (χ3v) is 7.57. The topological polar surface area (TPSA) is 341 Å². The average molecular weight is 726 g/mol. The largest absolute Gasteiger partial charge is 0.480 e. The molecule has 0 bridgehead atoms. The van der Waals surface area contributed by atoms with Gasteiger partial charge in [0, 0.05) is 20.4 Å². The second-order valence-electron chi connectivity index (χ2n) is 11.6. The number of carboxylic acid groups (broad SMARTS) is 1. The lowest BCUT2D eigenvalue weighted by Crippen LogP contribution is -2.64. The van der Waals surface area contributed by atoms with E-state index < -0.39 is 136 Å². The standard InChI is InChI=1S/C28H47N5O17/c1-12(36)31-20-24(44)22(42)15(8-34)49-27(20)47-10-17(38)29-6-4-3-5-14(26(46)30-7-19(40)41)33-18(39)11-48-28-21(32-13(2)37)25(45)23(43)16(9-35)50-28/h14-16,20-25,27-28,34-35,42-45H,3-11H2,1-2H3,(H,29,38)(H,30,46)(H,31,36)(H,32,37)(H,33,39)(H,40,41)/t14?,15-,16-,20-,21-,22-,23-,24-,25-,27-,28-/m1/s1. The lowest BCUT2D eigenvalue weighted by molar-refractivity contribution is -0.268. The van der Waals surface area contributed by atoms with Gasteiger partial charge in [-0.2, -0.15) is 0 Å². The summed E-state index contributed by atoms with van der Waals surface area (Å²) in [5, 5.41) is 80.4. The Kier molecular flexibility index (Phi) is 17.8. The molecular formula is C28H47N5O17. The first-order chi connectivity index (χ1) is 23.6. The number of rotatable bonds is 19. The molecule has 1 unspecified atom stereocenters. The highest BCUT2D eigenvalue weighted by atomic mass is 16.7. The van der Waals surface area contributed by atoms with Gasteiger partial charge < -0.3 is 81.3 Å². The van der Waals surface area contributed by atoms with Crippen molar-refractivity contribution in [2.75, 3.05) is 39.5 Å². The minimum atomic E-state index is -1.62. The number of ether oxygens (including phenoxy) is 4. The normalized spacial score (nSPS) is 30.0. The van der Waals surface area contributed by atoms with Gasteiger partial charge in [-0.15, -0.1) is 0 Å². The Hall–Kier alpha value is -3.58. The lowest BCUT2D eigenvalue weighted by Gasteiger charge is -2.42. The molecule has 0 radical (unpaired) electrons. The van der Waals surface area contributed by atoms with Crippen LogP contribution < -0.4 is 26.6 Å². The first kappa shape index (κ1) is 42.6. The van der Waals surface area contributed by atoms with Crippen LogP contribution in [0, 0.1) is 0 Å². The average Bonchev–Trinajstić information content (AvgIpc) is 3.06. The number of carbonyl (C=O) groups excluding carboxylic acids is 5. The Balaban J connectivity index is 1.89. The van der Waals surface area contributed by atoms with E-state index in [9.17, 15) is 59.4 Å². The molecule has 0 aliphatic carbocycles. The maximum atomic E-state index is 12.7. The molecule has 0 saturated carbocycles. The molecular weight excluding hydrogens is 678 g/mol. The van der Waals surface area contributed by atoms with E-state index in [0.29, 0.717) is 0 Å². The summed E-state index contributed by atoms with van der Waals surface area (Å²) in [7, 11) is 0. The van der Waals surface area contributed by atoms with E-state index in [2.05, 4.69) is 26.6 Å². The van der Waals surface area contributed by atoms with Crippen LogP contribution in [-0.2, 0) is 47.7 Å². The van der Waals surface area contributed by atoms with E-state index in [1.165, 1.54) is 0 Å². The predicted octanol–water partition coefficient (Wildman–Crippen LogP) is -7.12. The van der Waals surface area contributed by atoms with E-state index in [-0.39, 0.29) is 25.8 Å². The number of aliphatic carboxylic acids is 1. The molecule has 12 N–H and O–H groups in total. The number of carbonyl (C=O) groups is 6. The predicted molar refractivity (Wildman–Crippen MR) is 162 cm³/mol. The smallest absolute Gasteiger partial charge is 0.322 e. The Labute approximate surface area is 285 Å². The molecule has 0 aromatic rings. The van der Waals surface area contributed by atoms with Gasteiger partial charge in [-0.1, -0.05) is 0 Å². The van der Waals surface area contributed by atoms with Gasteiger partial charge in [0.05, 0.1) is 13.2 Å². The van der Waals surface area contributed by atoms with Crippen molar-refractivity contribution in [2.45, 2.75) is 100 Å². The second-order valence-corrected chi connectivity index (χ2v) is 11.6. The van der Waals surface area contributed by atoms with Crippen LogP contribution in [0.2, 0.25) is 0 Å². The number of amides is 5. The summed E-state index contributed by atoms with van der Waals surface area (Å²) in [6.45, 7) is -1.15. The van der Waals surface area contributed by atoms with Crippen molar-refractivity contribution in [1.29, 1.82) is 0 Å². The highest BCUT2D eigenvalue weighted by Crippen LogP contribution is 2.23. The molecule has 2 heterocycles. The molecule has 0 spiro atoms. The molecule has 0 aromatic heterocycles. The minimum Gasteiger partial charge on any atom is -0.480 e. The zero-order valence-corrected chi connectivity index (χ0v) is 27.4. The molecule has 5 amide bonds. The van der Waals surface area contributed by atoms with Gasteiger partial charge in [-0.05, 0) is 19.3 Å². The van der Waals surface area contributed by atoms with Gasteiger partial charge in [0.1, 0.15) is 74.5 Å². The molecule has 50 heavy (non-hydrogen) atoms. The summed E-state index contributed by atoms with van der Waals surface area (Å²) in [6, 6.07) is -3.82. The van der Waals surface area contributed by atoms with Crippen LogP contribution in [0.5, 0.6) is 0 Å². The van der Waals surface area contributed by atoms with Crippen LogP contribution in [0.15, 0.2) is 0 Å². The van der Waals surface area contributed by atoms with Crippen LogP contribution in [0.4, 0.5) is 0 Å². The molecule has 2 aliphatic heterocycles. The monoisotopic (exact) mass is 725 g/mol. The van der Waals surface area contributed by atoms with Crippen LogP contribution in [0.3, 0.4) is 0 Å². The molecule has 286 valence electrons. The highest BCUT2D eigenvalue weighted by Gasteiger charge is 2.46. The van der Waals surface area contributed by atoms with Gasteiger partial charge in [0.25, 0.3) is 0 Å².